The third kappa shape index (κ3) is 18.2. The van der Waals surface area contributed by atoms with Crippen LogP contribution in [-0.4, -0.2) is 11.1 Å². The highest BCUT2D eigenvalue weighted by Gasteiger charge is 1.94. The third-order valence-corrected chi connectivity index (χ3v) is 3.05. The molecule has 0 amide bonds. The normalized spacial score (nSPS) is 12.2. The van der Waals surface area contributed by atoms with Crippen molar-refractivity contribution in [2.75, 3.05) is 0 Å². The minimum Gasteiger partial charge on any atom is -0.481 e. The minimum absolute atomic E-state index is 0.296. The quantitative estimate of drug-likeness (QED) is 0.316. The highest BCUT2D eigenvalue weighted by Crippen LogP contribution is 2.04. The first-order chi connectivity index (χ1) is 10.8. The zero-order valence-corrected chi connectivity index (χ0v) is 13.6. The van der Waals surface area contributed by atoms with Crippen LogP contribution in [0.15, 0.2) is 61.3 Å². The Balaban J connectivity index is 3.38. The summed E-state index contributed by atoms with van der Waals surface area (Å²) in [7, 11) is 0. The van der Waals surface area contributed by atoms with E-state index >= 15 is 0 Å². The number of allylic oxidation sites excluding steroid dienone is 9. The average Bonchev–Trinajstić information content (AvgIpc) is 2.50. The fourth-order valence-electron chi connectivity index (χ4n) is 1.84. The zero-order valence-electron chi connectivity index (χ0n) is 13.6. The molecule has 122 valence electrons. The number of hydrogen-bond acceptors (Lipinski definition) is 1. The van der Waals surface area contributed by atoms with Crippen molar-refractivity contribution in [3.8, 4) is 0 Å². The summed E-state index contributed by atoms with van der Waals surface area (Å²) in [6.45, 7) is 3.67. The first-order valence-electron chi connectivity index (χ1n) is 8.20. The van der Waals surface area contributed by atoms with Gasteiger partial charge < -0.3 is 5.11 Å². The molecule has 0 unspecified atom stereocenters. The first-order valence-corrected chi connectivity index (χ1v) is 8.20. The lowest BCUT2D eigenvalue weighted by molar-refractivity contribution is -0.137. The Bertz CT molecular complexity index is 387. The molecule has 0 aromatic heterocycles. The number of carboxylic acid groups (broad SMARTS) is 1. The van der Waals surface area contributed by atoms with Crippen LogP contribution in [0.4, 0.5) is 0 Å². The van der Waals surface area contributed by atoms with Crippen molar-refractivity contribution in [1.82, 2.24) is 0 Å². The van der Waals surface area contributed by atoms with Gasteiger partial charge in [0.05, 0.1) is 0 Å². The van der Waals surface area contributed by atoms with Crippen LogP contribution in [0, 0.1) is 0 Å². The topological polar surface area (TPSA) is 37.3 Å². The first kappa shape index (κ1) is 20.2. The Hall–Kier alpha value is -1.83. The lowest BCUT2D eigenvalue weighted by atomic mass is 10.1. The molecule has 0 heterocycles. The Kier molecular flexibility index (Phi) is 15.8. The number of unbranched alkanes of at least 4 members (excludes halogenated alkanes) is 3. The smallest absolute Gasteiger partial charge is 0.303 e. The van der Waals surface area contributed by atoms with Crippen molar-refractivity contribution in [2.45, 2.75) is 57.8 Å². The minimum atomic E-state index is -0.692. The van der Waals surface area contributed by atoms with Crippen molar-refractivity contribution >= 4 is 5.97 Å². The van der Waals surface area contributed by atoms with Gasteiger partial charge in [-0.15, -0.1) is 6.58 Å². The Morgan fingerprint density at radius 2 is 1.23 bits per heavy atom. The van der Waals surface area contributed by atoms with Crippen molar-refractivity contribution in [3.05, 3.63) is 61.3 Å². The highest BCUT2D eigenvalue weighted by molar-refractivity contribution is 5.66. The van der Waals surface area contributed by atoms with E-state index in [1.54, 1.807) is 0 Å². The van der Waals surface area contributed by atoms with E-state index in [0.29, 0.717) is 6.42 Å². The Morgan fingerprint density at radius 3 is 1.73 bits per heavy atom. The molecule has 0 aromatic carbocycles. The SMILES string of the molecule is C=CC/C=C\C/C=C\C/C=C\C/C=C\CCCCCC(=O)O. The molecule has 0 aromatic rings. The maximum atomic E-state index is 10.3. The summed E-state index contributed by atoms with van der Waals surface area (Å²) in [5.41, 5.74) is 0. The van der Waals surface area contributed by atoms with Crippen LogP contribution in [0.5, 0.6) is 0 Å². The Labute approximate surface area is 135 Å². The van der Waals surface area contributed by atoms with E-state index in [0.717, 1.165) is 51.4 Å². The van der Waals surface area contributed by atoms with Crippen molar-refractivity contribution in [1.29, 1.82) is 0 Å². The van der Waals surface area contributed by atoms with Gasteiger partial charge in [0.15, 0.2) is 0 Å². The molecule has 1 N–H and O–H groups in total. The summed E-state index contributed by atoms with van der Waals surface area (Å²) in [5.74, 6) is -0.692. The van der Waals surface area contributed by atoms with Crippen LogP contribution in [0.25, 0.3) is 0 Å². The van der Waals surface area contributed by atoms with Gasteiger partial charge in [-0.3, -0.25) is 4.79 Å². The number of aliphatic carboxylic acids is 1. The summed E-state index contributed by atoms with van der Waals surface area (Å²) >= 11 is 0. The molecule has 0 aliphatic carbocycles. The van der Waals surface area contributed by atoms with Gasteiger partial charge in [-0.1, -0.05) is 61.1 Å². The standard InChI is InChI=1S/C20H30O2/c1-2-3-4-5-6-7-8-9-10-11-12-13-14-15-16-17-18-19-20(21)22/h2,4-5,7-8,10-11,13-14H,1,3,6,9,12,15-19H2,(H,21,22)/b5-4-,8-7-,11-10-,14-13-. The Morgan fingerprint density at radius 1 is 0.727 bits per heavy atom. The van der Waals surface area contributed by atoms with Crippen LogP contribution in [-0.2, 0) is 4.79 Å². The van der Waals surface area contributed by atoms with Crippen molar-refractivity contribution in [2.24, 2.45) is 0 Å². The highest BCUT2D eigenvalue weighted by atomic mass is 16.4. The number of rotatable bonds is 14. The van der Waals surface area contributed by atoms with E-state index in [9.17, 15) is 4.79 Å². The number of hydrogen-bond donors (Lipinski definition) is 1. The van der Waals surface area contributed by atoms with E-state index in [4.69, 9.17) is 5.11 Å². The molecule has 0 saturated carbocycles. The fourth-order valence-corrected chi connectivity index (χ4v) is 1.84. The van der Waals surface area contributed by atoms with Crippen LogP contribution in [0.3, 0.4) is 0 Å². The maximum absolute atomic E-state index is 10.3. The van der Waals surface area contributed by atoms with Gasteiger partial charge in [0.25, 0.3) is 0 Å². The second-order valence-electron chi connectivity index (χ2n) is 5.11. The van der Waals surface area contributed by atoms with Crippen molar-refractivity contribution in [3.63, 3.8) is 0 Å². The van der Waals surface area contributed by atoms with Gasteiger partial charge in [0.2, 0.25) is 0 Å². The molecule has 0 aliphatic heterocycles. The van der Waals surface area contributed by atoms with E-state index < -0.39 is 5.97 Å². The van der Waals surface area contributed by atoms with Gasteiger partial charge in [0, 0.05) is 6.42 Å². The molecule has 0 spiro atoms. The van der Waals surface area contributed by atoms with E-state index in [2.05, 4.69) is 55.2 Å². The van der Waals surface area contributed by atoms with E-state index in [-0.39, 0.29) is 0 Å². The maximum Gasteiger partial charge on any atom is 0.303 e. The second-order valence-corrected chi connectivity index (χ2v) is 5.11. The molecule has 22 heavy (non-hydrogen) atoms. The van der Waals surface area contributed by atoms with Gasteiger partial charge in [-0.25, -0.2) is 0 Å². The van der Waals surface area contributed by atoms with E-state index in [1.165, 1.54) is 0 Å². The molecular formula is C20H30O2. The summed E-state index contributed by atoms with van der Waals surface area (Å²) in [5, 5.41) is 8.51. The average molecular weight is 302 g/mol. The molecule has 0 fully saturated rings. The third-order valence-electron chi connectivity index (χ3n) is 3.05. The molecule has 0 rings (SSSR count). The molecule has 0 atom stereocenters. The molecule has 2 heteroatoms. The monoisotopic (exact) mass is 302 g/mol. The van der Waals surface area contributed by atoms with Crippen LogP contribution >= 0.6 is 0 Å². The van der Waals surface area contributed by atoms with Crippen molar-refractivity contribution < 1.29 is 9.90 Å². The zero-order chi connectivity index (χ0) is 16.3. The molecule has 2 nitrogen and oxygen atoms in total. The van der Waals surface area contributed by atoms with Gasteiger partial charge >= 0.3 is 5.97 Å². The molecular weight excluding hydrogens is 272 g/mol. The van der Waals surface area contributed by atoms with E-state index in [1.807, 2.05) is 6.08 Å². The van der Waals surface area contributed by atoms with Gasteiger partial charge in [0.1, 0.15) is 0 Å². The lowest BCUT2D eigenvalue weighted by Gasteiger charge is -1.94. The molecule has 0 bridgehead atoms. The number of carbonyl (C=O) groups is 1. The predicted octanol–water partition coefficient (Wildman–Crippen LogP) is 5.99. The van der Waals surface area contributed by atoms with Crippen LogP contribution < -0.4 is 0 Å². The number of carboxylic acids is 1. The van der Waals surface area contributed by atoms with Gasteiger partial charge in [-0.2, -0.15) is 0 Å². The molecule has 0 saturated heterocycles. The lowest BCUT2D eigenvalue weighted by Crippen LogP contribution is -1.93. The molecule has 0 aliphatic rings. The summed E-state index contributed by atoms with van der Waals surface area (Å²) in [6.07, 6.45) is 27.4. The second kappa shape index (κ2) is 17.2. The van der Waals surface area contributed by atoms with Crippen LogP contribution in [0.2, 0.25) is 0 Å². The predicted molar refractivity (Wildman–Crippen MR) is 95.9 cm³/mol. The summed E-state index contributed by atoms with van der Waals surface area (Å²) < 4.78 is 0. The van der Waals surface area contributed by atoms with Crippen LogP contribution in [0.1, 0.15) is 57.8 Å². The summed E-state index contributed by atoms with van der Waals surface area (Å²) in [6, 6.07) is 0. The van der Waals surface area contributed by atoms with Gasteiger partial charge in [-0.05, 0) is 44.9 Å². The fraction of sp³-hybridized carbons (Fsp3) is 0.450. The summed E-state index contributed by atoms with van der Waals surface area (Å²) in [4.78, 5) is 10.3. The largest absolute Gasteiger partial charge is 0.481 e. The molecule has 0 radical (unpaired) electrons.